The minimum absolute atomic E-state index is 0.173. The van der Waals surface area contributed by atoms with Gasteiger partial charge in [0.05, 0.1) is 0 Å². The summed E-state index contributed by atoms with van der Waals surface area (Å²) in [5.74, 6) is -49.1. The van der Waals surface area contributed by atoms with Gasteiger partial charge in [0.2, 0.25) is 0 Å². The van der Waals surface area contributed by atoms with E-state index in [0.29, 0.717) is 12.8 Å². The first kappa shape index (κ1) is 37.4. The van der Waals surface area contributed by atoms with E-state index in [-0.39, 0.29) is 12.8 Å². The van der Waals surface area contributed by atoms with E-state index in [1.807, 2.05) is 0 Å². The van der Waals surface area contributed by atoms with Crippen molar-refractivity contribution in [3.05, 3.63) is 0 Å². The summed E-state index contributed by atoms with van der Waals surface area (Å²) in [4.78, 5) is 11.4. The van der Waals surface area contributed by atoms with Gasteiger partial charge in [0.15, 0.2) is 0 Å². The van der Waals surface area contributed by atoms with Crippen molar-refractivity contribution < 1.29 is 75.4 Å². The predicted molar refractivity (Wildman–Crippen MR) is 108 cm³/mol. The molecule has 0 aliphatic heterocycles. The van der Waals surface area contributed by atoms with Crippen LogP contribution in [0.2, 0.25) is 0 Å². The molecule has 1 atom stereocenters. The van der Waals surface area contributed by atoms with Crippen LogP contribution in [0.25, 0.3) is 0 Å². The molecule has 0 aromatic rings. The first-order chi connectivity index (χ1) is 17.6. The zero-order chi connectivity index (χ0) is 30.9. The van der Waals surface area contributed by atoms with Crippen LogP contribution in [0, 0.1) is 0 Å². The summed E-state index contributed by atoms with van der Waals surface area (Å²) in [6, 6.07) is 0. The first-order valence-electron chi connectivity index (χ1n) is 12.0. The topological polar surface area (TPSA) is 26.3 Å². The smallest absolute Gasteiger partial charge is 0.385 e. The lowest BCUT2D eigenvalue weighted by atomic mass is 9.91. The maximum atomic E-state index is 13.7. The van der Waals surface area contributed by atoms with Crippen LogP contribution in [0.15, 0.2) is 0 Å². The van der Waals surface area contributed by atoms with E-state index in [4.69, 9.17) is 0 Å². The minimum Gasteiger partial charge on any atom is -0.424 e. The molecule has 2 nitrogen and oxygen atoms in total. The average molecular weight is 610 g/mol. The van der Waals surface area contributed by atoms with E-state index < -0.39 is 60.7 Å². The van der Waals surface area contributed by atoms with Crippen molar-refractivity contribution in [2.45, 2.75) is 132 Å². The Morgan fingerprint density at radius 1 is 0.538 bits per heavy atom. The van der Waals surface area contributed by atoms with Crippen LogP contribution >= 0.6 is 0 Å². The van der Waals surface area contributed by atoms with E-state index in [2.05, 4.69) is 11.7 Å². The second kappa shape index (κ2) is 14.4. The molecule has 0 N–H and O–H groups in total. The Morgan fingerprint density at radius 3 is 1.23 bits per heavy atom. The fourth-order valence-electron chi connectivity index (χ4n) is 3.27. The molecule has 0 aliphatic carbocycles. The highest BCUT2D eigenvalue weighted by atomic mass is 19.4. The second-order valence-corrected chi connectivity index (χ2v) is 8.94. The Bertz CT molecular complexity index is 741. The van der Waals surface area contributed by atoms with Crippen LogP contribution < -0.4 is 0 Å². The lowest BCUT2D eigenvalue weighted by Gasteiger charge is -2.41. The van der Waals surface area contributed by atoms with E-state index in [0.717, 1.165) is 44.9 Å². The van der Waals surface area contributed by atoms with Crippen LogP contribution in [-0.4, -0.2) is 54.3 Å². The van der Waals surface area contributed by atoms with Gasteiger partial charge in [-0.2, -0.15) is 57.1 Å². The van der Waals surface area contributed by atoms with Gasteiger partial charge in [-0.3, -0.25) is 4.79 Å². The van der Waals surface area contributed by atoms with Crippen molar-refractivity contribution in [1.82, 2.24) is 0 Å². The molecule has 0 amide bonds. The molecule has 0 aromatic carbocycles. The zero-order valence-corrected chi connectivity index (χ0v) is 20.6. The monoisotopic (exact) mass is 610 g/mol. The quantitative estimate of drug-likeness (QED) is 0.0780. The molecule has 0 aliphatic rings. The molecule has 0 rings (SSSR count). The number of carbonyl (C=O) groups excluding carboxylic acids is 1. The lowest BCUT2D eigenvalue weighted by Crippen LogP contribution is -2.72. The van der Waals surface area contributed by atoms with Crippen LogP contribution in [0.3, 0.4) is 0 Å². The van der Waals surface area contributed by atoms with Crippen LogP contribution in [0.4, 0.5) is 65.9 Å². The molecule has 17 heteroatoms. The summed E-state index contributed by atoms with van der Waals surface area (Å²) in [6.07, 6.45) is -3.49. The van der Waals surface area contributed by atoms with Gasteiger partial charge in [0.25, 0.3) is 0 Å². The Labute approximate surface area is 214 Å². The third-order valence-corrected chi connectivity index (χ3v) is 5.80. The fourth-order valence-corrected chi connectivity index (χ4v) is 3.27. The summed E-state index contributed by atoms with van der Waals surface area (Å²) in [7, 11) is 0. The van der Waals surface area contributed by atoms with E-state index in [1.165, 1.54) is 0 Å². The highest BCUT2D eigenvalue weighted by Gasteiger charge is 2.92. The third-order valence-electron chi connectivity index (χ3n) is 5.80. The van der Waals surface area contributed by atoms with E-state index >= 15 is 0 Å². The molecular formula is C22H29F15O2. The van der Waals surface area contributed by atoms with Crippen LogP contribution in [0.1, 0.15) is 84.0 Å². The number of halogens is 15. The van der Waals surface area contributed by atoms with Crippen molar-refractivity contribution in [2.24, 2.45) is 0 Å². The highest BCUT2D eigenvalue weighted by molar-refractivity contribution is 5.69. The Balaban J connectivity index is 5.11. The van der Waals surface area contributed by atoms with Crippen molar-refractivity contribution in [1.29, 1.82) is 0 Å². The largest absolute Gasteiger partial charge is 0.424 e. The maximum Gasteiger partial charge on any atom is 0.385 e. The summed E-state index contributed by atoms with van der Waals surface area (Å²) in [5.41, 5.74) is 0. The van der Waals surface area contributed by atoms with Gasteiger partial charge in [0, 0.05) is 6.42 Å². The van der Waals surface area contributed by atoms with Gasteiger partial charge in [-0.15, -0.1) is 0 Å². The average Bonchev–Trinajstić information content (AvgIpc) is 2.81. The number of rotatable bonds is 20. The molecule has 0 fully saturated rings. The first-order valence-corrected chi connectivity index (χ1v) is 12.0. The molecular weight excluding hydrogens is 581 g/mol. The number of hydrogen-bond acceptors (Lipinski definition) is 2. The van der Waals surface area contributed by atoms with Gasteiger partial charge < -0.3 is 4.74 Å². The van der Waals surface area contributed by atoms with Gasteiger partial charge in [-0.05, 0) is 6.42 Å². The molecule has 0 saturated carbocycles. The highest BCUT2D eigenvalue weighted by Crippen LogP contribution is 2.61. The summed E-state index contributed by atoms with van der Waals surface area (Å²) in [5, 5.41) is 0. The SMILES string of the molecule is CCCCCCCCCCCCCC(=O)OC(F)C(F)(F)C(F)(F)C(F)(F)C(F)(F)C(F)(F)C(F)(F)C(F)F. The number of hydrogen-bond donors (Lipinski definition) is 0. The maximum absolute atomic E-state index is 13.7. The summed E-state index contributed by atoms with van der Waals surface area (Å²) < 4.78 is 201. The molecule has 0 saturated heterocycles. The molecule has 0 heterocycles. The second-order valence-electron chi connectivity index (χ2n) is 8.94. The number of esters is 1. The van der Waals surface area contributed by atoms with Gasteiger partial charge in [0.1, 0.15) is 0 Å². The zero-order valence-electron chi connectivity index (χ0n) is 20.6. The summed E-state index contributed by atoms with van der Waals surface area (Å²) >= 11 is 0. The summed E-state index contributed by atoms with van der Waals surface area (Å²) in [6.45, 7) is 2.06. The predicted octanol–water partition coefficient (Wildman–Crippen LogP) is 9.60. The molecule has 39 heavy (non-hydrogen) atoms. The van der Waals surface area contributed by atoms with E-state index in [1.54, 1.807) is 0 Å². The Morgan fingerprint density at radius 2 is 0.872 bits per heavy atom. The Kier molecular flexibility index (Phi) is 13.8. The molecule has 234 valence electrons. The fraction of sp³-hybridized carbons (Fsp3) is 0.955. The van der Waals surface area contributed by atoms with Crippen molar-refractivity contribution >= 4 is 5.97 Å². The normalized spacial score (nSPS) is 15.1. The van der Waals surface area contributed by atoms with Crippen molar-refractivity contribution in [3.8, 4) is 0 Å². The van der Waals surface area contributed by atoms with Gasteiger partial charge in [-0.1, -0.05) is 71.1 Å². The van der Waals surface area contributed by atoms with Crippen LogP contribution in [-0.2, 0) is 9.53 Å². The van der Waals surface area contributed by atoms with Gasteiger partial charge >= 0.3 is 54.3 Å². The molecule has 0 radical (unpaired) electrons. The number of alkyl halides is 15. The molecule has 0 bridgehead atoms. The molecule has 0 aromatic heterocycles. The molecule has 0 spiro atoms. The van der Waals surface area contributed by atoms with Crippen molar-refractivity contribution in [3.63, 3.8) is 0 Å². The van der Waals surface area contributed by atoms with Gasteiger partial charge in [-0.25, -0.2) is 8.78 Å². The number of ether oxygens (including phenoxy) is 1. The molecule has 1 unspecified atom stereocenters. The third kappa shape index (κ3) is 8.23. The lowest BCUT2D eigenvalue weighted by molar-refractivity contribution is -0.441. The standard InChI is InChI=1S/C22H29F15O2/c1-2-3-4-5-6-7-8-9-10-11-12-13-14(38)39-16(25)18(28,29)20(32,33)22(36,37)21(34,35)19(30,31)17(26,27)15(23)24/h15-16H,2-13H2,1H3. The van der Waals surface area contributed by atoms with Crippen LogP contribution in [0.5, 0.6) is 0 Å². The Hall–Kier alpha value is -1.58. The van der Waals surface area contributed by atoms with E-state index in [9.17, 15) is 70.7 Å². The van der Waals surface area contributed by atoms with Crippen molar-refractivity contribution in [2.75, 3.05) is 0 Å². The number of unbranched alkanes of at least 4 members (excludes halogenated alkanes) is 10. The number of carbonyl (C=O) groups is 1. The minimum atomic E-state index is -8.27.